The summed E-state index contributed by atoms with van der Waals surface area (Å²) < 4.78 is 31.5. The van der Waals surface area contributed by atoms with Crippen molar-refractivity contribution in [2.45, 2.75) is 26.0 Å². The third-order valence-electron chi connectivity index (χ3n) is 6.96. The van der Waals surface area contributed by atoms with E-state index in [0.717, 1.165) is 17.0 Å². The summed E-state index contributed by atoms with van der Waals surface area (Å²) >= 11 is 0. The summed E-state index contributed by atoms with van der Waals surface area (Å²) in [5, 5.41) is 17.4. The van der Waals surface area contributed by atoms with E-state index in [2.05, 4.69) is 10.6 Å². The van der Waals surface area contributed by atoms with E-state index in [0.29, 0.717) is 11.4 Å². The van der Waals surface area contributed by atoms with E-state index in [1.54, 1.807) is 24.0 Å². The van der Waals surface area contributed by atoms with Gasteiger partial charge in [-0.05, 0) is 36.6 Å². The van der Waals surface area contributed by atoms with Gasteiger partial charge in [-0.1, -0.05) is 43.3 Å². The second-order valence-electron chi connectivity index (χ2n) is 9.98. The molecule has 3 N–H and O–H groups in total. The average Bonchev–Trinajstić information content (AvgIpc) is 2.90. The van der Waals surface area contributed by atoms with Gasteiger partial charge in [-0.2, -0.15) is 0 Å². The molecule has 0 unspecified atom stereocenters. The van der Waals surface area contributed by atoms with Crippen LogP contribution in [-0.4, -0.2) is 79.8 Å². The number of urea groups is 1. The zero-order valence-electron chi connectivity index (χ0n) is 22.4. The Hall–Kier alpha value is -3.67. The van der Waals surface area contributed by atoms with Crippen molar-refractivity contribution in [3.05, 3.63) is 66.2 Å². The van der Waals surface area contributed by atoms with Crippen molar-refractivity contribution in [1.82, 2.24) is 9.21 Å². The van der Waals surface area contributed by atoms with Gasteiger partial charge >= 0.3 is 6.03 Å². The molecule has 0 saturated carbocycles. The van der Waals surface area contributed by atoms with E-state index in [1.165, 1.54) is 17.4 Å². The standard InChI is InChI=1S/C28H34N4O6S/c1-18-15-32(19(2)17-33)27(34)23-14-21(12-13-25(23)38-26(18)16-31(3)39(4,36)37)29-28(35)30-24-11-7-9-20-8-5-6-10-22(20)24/h5-14,18-19,26,33H,15-17H2,1-4H3,(H2,29,30,35)/t18-,19+,26-/m0/s1. The Morgan fingerprint density at radius 1 is 1.15 bits per heavy atom. The minimum atomic E-state index is -3.45. The van der Waals surface area contributed by atoms with Crippen LogP contribution in [0.15, 0.2) is 60.7 Å². The smallest absolute Gasteiger partial charge is 0.323 e. The predicted octanol–water partition coefficient (Wildman–Crippen LogP) is 3.60. The number of ether oxygens (including phenoxy) is 1. The Labute approximate surface area is 228 Å². The normalized spacial score (nSPS) is 18.6. The van der Waals surface area contributed by atoms with Gasteiger partial charge in [0.05, 0.1) is 36.7 Å². The van der Waals surface area contributed by atoms with Crippen molar-refractivity contribution >= 4 is 44.1 Å². The van der Waals surface area contributed by atoms with Crippen LogP contribution in [0.3, 0.4) is 0 Å². The first-order valence-corrected chi connectivity index (χ1v) is 14.5. The number of sulfonamides is 1. The minimum absolute atomic E-state index is 0.0857. The Morgan fingerprint density at radius 2 is 1.87 bits per heavy atom. The number of amides is 3. The number of carbonyl (C=O) groups is 2. The van der Waals surface area contributed by atoms with Crippen molar-refractivity contribution in [3.8, 4) is 5.75 Å². The first kappa shape index (κ1) is 28.3. The molecule has 1 aliphatic heterocycles. The maximum atomic E-state index is 13.6. The molecule has 0 aromatic heterocycles. The fourth-order valence-corrected chi connectivity index (χ4v) is 4.94. The van der Waals surface area contributed by atoms with Crippen LogP contribution in [0.25, 0.3) is 10.8 Å². The van der Waals surface area contributed by atoms with Gasteiger partial charge < -0.3 is 25.4 Å². The molecule has 208 valence electrons. The monoisotopic (exact) mass is 554 g/mol. The molecule has 39 heavy (non-hydrogen) atoms. The summed E-state index contributed by atoms with van der Waals surface area (Å²) in [6.45, 7) is 3.71. The second kappa shape index (κ2) is 11.6. The number of likely N-dealkylation sites (N-methyl/N-ethyl adjacent to an activating group) is 1. The van der Waals surface area contributed by atoms with E-state index < -0.39 is 28.2 Å². The fourth-order valence-electron chi connectivity index (χ4n) is 4.53. The quantitative estimate of drug-likeness (QED) is 0.410. The molecule has 4 rings (SSSR count). The average molecular weight is 555 g/mol. The number of rotatable bonds is 7. The van der Waals surface area contributed by atoms with Crippen molar-refractivity contribution in [3.63, 3.8) is 0 Å². The summed E-state index contributed by atoms with van der Waals surface area (Å²) in [4.78, 5) is 28.0. The molecule has 10 nitrogen and oxygen atoms in total. The molecular weight excluding hydrogens is 520 g/mol. The molecule has 0 radical (unpaired) electrons. The third-order valence-corrected chi connectivity index (χ3v) is 8.25. The number of nitrogens with one attached hydrogen (secondary N) is 2. The lowest BCUT2D eigenvalue weighted by molar-refractivity contribution is 0.0387. The first-order valence-electron chi connectivity index (χ1n) is 12.7. The van der Waals surface area contributed by atoms with Crippen LogP contribution in [0.5, 0.6) is 5.75 Å². The summed E-state index contributed by atoms with van der Waals surface area (Å²) in [5.41, 5.74) is 1.22. The van der Waals surface area contributed by atoms with E-state index in [-0.39, 0.29) is 42.8 Å². The van der Waals surface area contributed by atoms with Gasteiger partial charge in [0.1, 0.15) is 11.9 Å². The minimum Gasteiger partial charge on any atom is -0.488 e. The van der Waals surface area contributed by atoms with Crippen molar-refractivity contribution < 1.29 is 27.9 Å². The van der Waals surface area contributed by atoms with Crippen LogP contribution in [0, 0.1) is 5.92 Å². The number of benzene rings is 3. The molecular formula is C28H34N4O6S. The molecule has 3 amide bonds. The van der Waals surface area contributed by atoms with Crippen molar-refractivity contribution in [1.29, 1.82) is 0 Å². The van der Waals surface area contributed by atoms with Gasteiger partial charge in [0.25, 0.3) is 5.91 Å². The molecule has 1 aliphatic rings. The Bertz CT molecular complexity index is 1470. The highest BCUT2D eigenvalue weighted by Crippen LogP contribution is 2.31. The fraction of sp³-hybridized carbons (Fsp3) is 0.357. The van der Waals surface area contributed by atoms with Crippen LogP contribution < -0.4 is 15.4 Å². The number of nitrogens with zero attached hydrogens (tertiary/aromatic N) is 2. The lowest BCUT2D eigenvalue weighted by Crippen LogP contribution is -2.50. The number of hydrogen-bond acceptors (Lipinski definition) is 6. The number of hydrogen-bond donors (Lipinski definition) is 3. The summed E-state index contributed by atoms with van der Waals surface area (Å²) in [5.74, 6) is -0.315. The van der Waals surface area contributed by atoms with Crippen LogP contribution in [0.2, 0.25) is 0 Å². The Morgan fingerprint density at radius 3 is 2.59 bits per heavy atom. The molecule has 0 aliphatic carbocycles. The lowest BCUT2D eigenvalue weighted by Gasteiger charge is -2.38. The van der Waals surface area contributed by atoms with E-state index in [4.69, 9.17) is 4.74 Å². The van der Waals surface area contributed by atoms with Crippen LogP contribution >= 0.6 is 0 Å². The van der Waals surface area contributed by atoms with Crippen LogP contribution in [0.4, 0.5) is 16.2 Å². The van der Waals surface area contributed by atoms with Gasteiger partial charge in [0.2, 0.25) is 10.0 Å². The molecule has 3 aromatic carbocycles. The van der Waals surface area contributed by atoms with E-state index in [1.807, 2.05) is 49.4 Å². The number of carbonyl (C=O) groups excluding carboxylic acids is 2. The van der Waals surface area contributed by atoms with Gasteiger partial charge in [0, 0.05) is 30.6 Å². The summed E-state index contributed by atoms with van der Waals surface area (Å²) in [7, 11) is -1.97. The molecule has 0 fully saturated rings. The zero-order valence-corrected chi connectivity index (χ0v) is 23.2. The molecule has 0 saturated heterocycles. The van der Waals surface area contributed by atoms with Crippen LogP contribution in [0.1, 0.15) is 24.2 Å². The number of anilines is 2. The summed E-state index contributed by atoms with van der Waals surface area (Å²) in [6, 6.07) is 17.1. The molecule has 11 heteroatoms. The topological polar surface area (TPSA) is 128 Å². The highest BCUT2D eigenvalue weighted by Gasteiger charge is 2.34. The van der Waals surface area contributed by atoms with Crippen LogP contribution in [-0.2, 0) is 10.0 Å². The zero-order chi connectivity index (χ0) is 28.3. The number of fused-ring (bicyclic) bond motifs is 2. The van der Waals surface area contributed by atoms with Crippen molar-refractivity contribution in [2.75, 3.05) is 43.6 Å². The van der Waals surface area contributed by atoms with Gasteiger partial charge in [-0.3, -0.25) is 4.79 Å². The maximum absolute atomic E-state index is 13.6. The first-order chi connectivity index (χ1) is 18.5. The van der Waals surface area contributed by atoms with Gasteiger partial charge in [-0.25, -0.2) is 17.5 Å². The third kappa shape index (κ3) is 6.49. The molecule has 3 aromatic rings. The highest BCUT2D eigenvalue weighted by atomic mass is 32.2. The van der Waals surface area contributed by atoms with E-state index in [9.17, 15) is 23.1 Å². The van der Waals surface area contributed by atoms with Crippen molar-refractivity contribution in [2.24, 2.45) is 5.92 Å². The lowest BCUT2D eigenvalue weighted by atomic mass is 9.99. The molecule has 0 spiro atoms. The molecule has 3 atom stereocenters. The SMILES string of the molecule is C[C@H](CO)N1C[C@H](C)[C@H](CN(C)S(C)(=O)=O)Oc2ccc(NC(=O)Nc3cccc4ccccc34)cc2C1=O. The van der Waals surface area contributed by atoms with E-state index >= 15 is 0 Å². The van der Waals surface area contributed by atoms with Gasteiger partial charge in [0.15, 0.2) is 0 Å². The Balaban J connectivity index is 1.62. The molecule has 0 bridgehead atoms. The Kier molecular flexibility index (Phi) is 8.43. The number of aliphatic hydroxyl groups excluding tert-OH is 1. The second-order valence-corrected chi connectivity index (χ2v) is 12.1. The highest BCUT2D eigenvalue weighted by molar-refractivity contribution is 7.88. The number of aliphatic hydroxyl groups is 1. The predicted molar refractivity (Wildman–Crippen MR) is 152 cm³/mol. The van der Waals surface area contributed by atoms with Gasteiger partial charge in [-0.15, -0.1) is 0 Å². The maximum Gasteiger partial charge on any atom is 0.323 e. The summed E-state index contributed by atoms with van der Waals surface area (Å²) in [6.07, 6.45) is 0.567. The molecule has 1 heterocycles. The largest absolute Gasteiger partial charge is 0.488 e.